The van der Waals surface area contributed by atoms with Crippen molar-refractivity contribution in [2.45, 2.75) is 58.4 Å². The summed E-state index contributed by atoms with van der Waals surface area (Å²) in [4.78, 5) is 32.5. The van der Waals surface area contributed by atoms with Gasteiger partial charge in [-0.3, -0.25) is 9.59 Å². The predicted molar refractivity (Wildman–Crippen MR) is 150 cm³/mol. The minimum absolute atomic E-state index is 0.0306. The lowest BCUT2D eigenvalue weighted by molar-refractivity contribution is -0.134. The first-order chi connectivity index (χ1) is 18.3. The molecule has 3 aromatic rings. The summed E-state index contributed by atoms with van der Waals surface area (Å²) in [5, 5.41) is 2.12. The third-order valence-corrected chi connectivity index (χ3v) is 8.39. The average molecular weight is 533 g/mol. The maximum atomic E-state index is 13.9. The summed E-state index contributed by atoms with van der Waals surface area (Å²) >= 11 is 1.76. The molecule has 0 radical (unpaired) electrons. The fourth-order valence-electron chi connectivity index (χ4n) is 5.18. The van der Waals surface area contributed by atoms with Gasteiger partial charge in [-0.2, -0.15) is 0 Å². The first-order valence-electron chi connectivity index (χ1n) is 13.4. The molecule has 0 aliphatic carbocycles. The van der Waals surface area contributed by atoms with E-state index in [-0.39, 0.29) is 36.6 Å². The van der Waals surface area contributed by atoms with Crippen molar-refractivity contribution in [3.05, 3.63) is 81.0 Å². The second-order valence-corrected chi connectivity index (χ2v) is 12.1. The number of amides is 2. The van der Waals surface area contributed by atoms with Gasteiger partial charge in [-0.05, 0) is 64.6 Å². The summed E-state index contributed by atoms with van der Waals surface area (Å²) in [6.45, 7) is 10.1. The molecule has 7 heteroatoms. The van der Waals surface area contributed by atoms with E-state index < -0.39 is 0 Å². The van der Waals surface area contributed by atoms with Gasteiger partial charge in [0.1, 0.15) is 6.54 Å². The molecule has 0 fully saturated rings. The summed E-state index contributed by atoms with van der Waals surface area (Å²) in [6, 6.07) is 15.9. The Balaban J connectivity index is 1.41. The molecule has 0 spiro atoms. The van der Waals surface area contributed by atoms with Crippen LogP contribution in [-0.2, 0) is 16.6 Å². The van der Waals surface area contributed by atoms with E-state index in [9.17, 15) is 9.59 Å². The molecular weight excluding hydrogens is 496 g/mol. The molecule has 2 amide bonds. The molecule has 2 aliphatic heterocycles. The highest BCUT2D eigenvalue weighted by Gasteiger charge is 2.34. The SMILES string of the molecule is CCCCN(CC(=O)N1CCc2sccc2C1c1ccc(C(C)(C)C)cc1)C(=O)c1ccc2c(c1)OCO2. The number of hydrogen-bond acceptors (Lipinski definition) is 5. The van der Waals surface area contributed by atoms with E-state index >= 15 is 0 Å². The van der Waals surface area contributed by atoms with Crippen molar-refractivity contribution >= 4 is 23.2 Å². The van der Waals surface area contributed by atoms with E-state index in [1.165, 1.54) is 16.0 Å². The number of thiophene rings is 1. The van der Waals surface area contributed by atoms with Crippen LogP contribution in [0.2, 0.25) is 0 Å². The Bertz CT molecular complexity index is 1310. The van der Waals surface area contributed by atoms with Crippen LogP contribution in [0.25, 0.3) is 0 Å². The minimum Gasteiger partial charge on any atom is -0.454 e. The summed E-state index contributed by atoms with van der Waals surface area (Å²) in [6.07, 6.45) is 2.60. The van der Waals surface area contributed by atoms with Gasteiger partial charge in [0.05, 0.1) is 6.04 Å². The Morgan fingerprint density at radius 1 is 1.05 bits per heavy atom. The molecule has 38 heavy (non-hydrogen) atoms. The highest BCUT2D eigenvalue weighted by molar-refractivity contribution is 7.10. The molecule has 2 aromatic carbocycles. The van der Waals surface area contributed by atoms with Crippen LogP contribution in [0, 0.1) is 0 Å². The van der Waals surface area contributed by atoms with Gasteiger partial charge in [-0.1, -0.05) is 58.4 Å². The Morgan fingerprint density at radius 2 is 1.82 bits per heavy atom. The number of ether oxygens (including phenoxy) is 2. The molecule has 3 heterocycles. The van der Waals surface area contributed by atoms with Crippen molar-refractivity contribution in [3.8, 4) is 11.5 Å². The van der Waals surface area contributed by atoms with Crippen molar-refractivity contribution in [1.82, 2.24) is 9.80 Å². The highest BCUT2D eigenvalue weighted by Crippen LogP contribution is 2.39. The van der Waals surface area contributed by atoms with Gasteiger partial charge in [-0.15, -0.1) is 11.3 Å². The number of fused-ring (bicyclic) bond motifs is 2. The Labute approximate surface area is 229 Å². The summed E-state index contributed by atoms with van der Waals surface area (Å²) in [5.74, 6) is 1.01. The molecule has 0 N–H and O–H groups in total. The standard InChI is InChI=1S/C31H36N2O4S/c1-5-6-15-32(30(35)22-9-12-25-26(18-22)37-20-36-25)19-28(34)33-16-13-27-24(14-17-38-27)29(33)21-7-10-23(11-8-21)31(2,3)4/h7-12,14,17-18,29H,5-6,13,15-16,19-20H2,1-4H3. The molecular formula is C31H36N2O4S. The Kier molecular flexibility index (Phi) is 7.48. The zero-order valence-electron chi connectivity index (χ0n) is 22.7. The van der Waals surface area contributed by atoms with Crippen molar-refractivity contribution in [1.29, 1.82) is 0 Å². The topological polar surface area (TPSA) is 59.1 Å². The third-order valence-electron chi connectivity index (χ3n) is 7.39. The van der Waals surface area contributed by atoms with Gasteiger partial charge in [0.15, 0.2) is 11.5 Å². The molecule has 0 saturated carbocycles. The van der Waals surface area contributed by atoms with Crippen molar-refractivity contribution in [3.63, 3.8) is 0 Å². The number of carbonyl (C=O) groups is 2. The number of nitrogens with zero attached hydrogens (tertiary/aromatic N) is 2. The minimum atomic E-state index is -0.163. The average Bonchev–Trinajstić information content (AvgIpc) is 3.58. The quantitative estimate of drug-likeness (QED) is 0.364. The first-order valence-corrected chi connectivity index (χ1v) is 14.3. The van der Waals surface area contributed by atoms with Gasteiger partial charge in [0.2, 0.25) is 12.7 Å². The van der Waals surface area contributed by atoms with Crippen LogP contribution in [0.1, 0.15) is 78.5 Å². The lowest BCUT2D eigenvalue weighted by atomic mass is 9.85. The van der Waals surface area contributed by atoms with Gasteiger partial charge < -0.3 is 19.3 Å². The van der Waals surface area contributed by atoms with E-state index in [0.29, 0.717) is 30.2 Å². The summed E-state index contributed by atoms with van der Waals surface area (Å²) in [7, 11) is 0. The van der Waals surface area contributed by atoms with Crippen molar-refractivity contribution in [2.24, 2.45) is 0 Å². The maximum absolute atomic E-state index is 13.9. The fraction of sp³-hybridized carbons (Fsp3) is 0.419. The van der Waals surface area contributed by atoms with Gasteiger partial charge >= 0.3 is 0 Å². The van der Waals surface area contributed by atoms with Crippen molar-refractivity contribution < 1.29 is 19.1 Å². The number of unbranched alkanes of at least 4 members (excludes halogenated alkanes) is 1. The largest absolute Gasteiger partial charge is 0.454 e. The van der Waals surface area contributed by atoms with Crippen LogP contribution in [0.15, 0.2) is 53.9 Å². The Hall–Kier alpha value is -3.32. The van der Waals surface area contributed by atoms with Crippen LogP contribution in [0.3, 0.4) is 0 Å². The lowest BCUT2D eigenvalue weighted by Gasteiger charge is -2.38. The van der Waals surface area contributed by atoms with Gasteiger partial charge in [0, 0.05) is 23.5 Å². The van der Waals surface area contributed by atoms with Gasteiger partial charge in [-0.25, -0.2) is 0 Å². The lowest BCUT2D eigenvalue weighted by Crippen LogP contribution is -2.47. The third kappa shape index (κ3) is 5.30. The number of rotatable bonds is 7. The second kappa shape index (κ2) is 10.8. The maximum Gasteiger partial charge on any atom is 0.254 e. The van der Waals surface area contributed by atoms with E-state index in [1.54, 1.807) is 34.4 Å². The molecule has 1 aromatic heterocycles. The van der Waals surface area contributed by atoms with Crippen molar-refractivity contribution in [2.75, 3.05) is 26.4 Å². The number of hydrogen-bond donors (Lipinski definition) is 0. The zero-order valence-corrected chi connectivity index (χ0v) is 23.5. The monoisotopic (exact) mass is 532 g/mol. The van der Waals surface area contributed by atoms with E-state index in [4.69, 9.17) is 9.47 Å². The fourth-order valence-corrected chi connectivity index (χ4v) is 6.08. The summed E-state index contributed by atoms with van der Waals surface area (Å²) in [5.41, 5.74) is 4.13. The van der Waals surface area contributed by atoms with E-state index in [0.717, 1.165) is 24.8 Å². The van der Waals surface area contributed by atoms with Crippen LogP contribution >= 0.6 is 11.3 Å². The van der Waals surface area contributed by atoms with Crippen LogP contribution in [-0.4, -0.2) is 48.0 Å². The zero-order chi connectivity index (χ0) is 26.9. The van der Waals surface area contributed by atoms with E-state index in [2.05, 4.69) is 63.4 Å². The number of benzene rings is 2. The smallest absolute Gasteiger partial charge is 0.254 e. The molecule has 5 rings (SSSR count). The van der Waals surface area contributed by atoms with Crippen LogP contribution in [0.4, 0.5) is 0 Å². The normalized spacial score (nSPS) is 16.3. The molecule has 6 nitrogen and oxygen atoms in total. The Morgan fingerprint density at radius 3 is 2.55 bits per heavy atom. The molecule has 1 unspecified atom stereocenters. The molecule has 1 atom stereocenters. The molecule has 2 aliphatic rings. The van der Waals surface area contributed by atoms with Crippen LogP contribution in [0.5, 0.6) is 11.5 Å². The number of carbonyl (C=O) groups excluding carboxylic acids is 2. The first kappa shape index (κ1) is 26.3. The second-order valence-electron chi connectivity index (χ2n) is 11.1. The van der Waals surface area contributed by atoms with Gasteiger partial charge in [0.25, 0.3) is 5.91 Å². The molecule has 0 bridgehead atoms. The van der Waals surface area contributed by atoms with E-state index in [1.807, 2.05) is 4.90 Å². The highest BCUT2D eigenvalue weighted by atomic mass is 32.1. The predicted octanol–water partition coefficient (Wildman–Crippen LogP) is 6.19. The molecule has 0 saturated heterocycles. The van der Waals surface area contributed by atoms with Crippen LogP contribution < -0.4 is 9.47 Å². The summed E-state index contributed by atoms with van der Waals surface area (Å²) < 4.78 is 10.9. The molecule has 200 valence electrons.